The first-order chi connectivity index (χ1) is 19.1. The van der Waals surface area contributed by atoms with E-state index in [1.165, 1.54) is 15.8 Å². The van der Waals surface area contributed by atoms with E-state index in [1.807, 2.05) is 18.0 Å². The van der Waals surface area contributed by atoms with E-state index < -0.39 is 0 Å². The fourth-order valence-corrected chi connectivity index (χ4v) is 5.63. The van der Waals surface area contributed by atoms with Crippen LogP contribution in [0.1, 0.15) is 47.0 Å². The van der Waals surface area contributed by atoms with Crippen LogP contribution in [0.3, 0.4) is 0 Å². The average molecular weight is 542 g/mol. The lowest BCUT2D eigenvalue weighted by molar-refractivity contribution is 0.111. The number of nitrogens with one attached hydrogen (secondary N) is 1. The molecule has 208 valence electrons. The number of aryl methyl sites for hydroxylation is 2. The van der Waals surface area contributed by atoms with Crippen LogP contribution in [-0.4, -0.2) is 49.1 Å². The molecule has 10 nitrogen and oxygen atoms in total. The number of carbonyl (C=O) groups excluding carboxylic acids is 1. The van der Waals surface area contributed by atoms with Crippen LogP contribution >= 0.6 is 0 Å². The van der Waals surface area contributed by atoms with Gasteiger partial charge in [-0.2, -0.15) is 0 Å². The van der Waals surface area contributed by atoms with E-state index in [-0.39, 0.29) is 17.6 Å². The number of hydrogen-bond donors (Lipinski definition) is 2. The van der Waals surface area contributed by atoms with Crippen LogP contribution in [0, 0.1) is 12.3 Å². The molecule has 4 aromatic heterocycles. The fourth-order valence-electron chi connectivity index (χ4n) is 5.63. The minimum Gasteiger partial charge on any atom is -0.392 e. The molecule has 4 aromatic rings. The number of pyridine rings is 2. The van der Waals surface area contributed by atoms with Crippen LogP contribution in [0.25, 0.3) is 11.1 Å². The van der Waals surface area contributed by atoms with Gasteiger partial charge in [0.05, 0.1) is 24.2 Å². The number of aromatic nitrogens is 5. The molecule has 2 N–H and O–H groups in total. The summed E-state index contributed by atoms with van der Waals surface area (Å²) in [6, 6.07) is 5.47. The molecule has 0 aromatic carbocycles. The summed E-state index contributed by atoms with van der Waals surface area (Å²) in [5, 5.41) is 13.6. The molecule has 0 saturated carbocycles. The summed E-state index contributed by atoms with van der Waals surface area (Å²) in [4.78, 5) is 39.7. The minimum absolute atomic E-state index is 0.192. The van der Waals surface area contributed by atoms with Crippen LogP contribution < -0.4 is 15.8 Å². The van der Waals surface area contributed by atoms with Gasteiger partial charge in [-0.15, -0.1) is 0 Å². The molecular formula is C30H35N7O3. The van der Waals surface area contributed by atoms with Crippen molar-refractivity contribution in [3.8, 4) is 11.1 Å². The Hall–Kier alpha value is -4.31. The average Bonchev–Trinajstić information content (AvgIpc) is 3.40. The van der Waals surface area contributed by atoms with E-state index in [1.54, 1.807) is 50.9 Å². The van der Waals surface area contributed by atoms with Crippen molar-refractivity contribution in [3.05, 3.63) is 81.7 Å². The maximum atomic E-state index is 12.9. The number of aldehydes is 1. The molecule has 0 unspecified atom stereocenters. The first-order valence-electron chi connectivity index (χ1n) is 13.3. The highest BCUT2D eigenvalue weighted by Gasteiger charge is 2.32. The molecule has 0 spiro atoms. The van der Waals surface area contributed by atoms with Crippen molar-refractivity contribution in [2.75, 3.05) is 23.8 Å². The zero-order chi connectivity index (χ0) is 28.6. The topological polar surface area (TPSA) is 118 Å². The number of nitrogens with zero attached hydrogens (tertiary/aromatic N) is 6. The van der Waals surface area contributed by atoms with Gasteiger partial charge in [-0.05, 0) is 48.9 Å². The van der Waals surface area contributed by atoms with E-state index in [2.05, 4.69) is 38.7 Å². The molecule has 1 aliphatic rings. The Morgan fingerprint density at radius 1 is 1.23 bits per heavy atom. The Kier molecular flexibility index (Phi) is 7.29. The molecule has 0 radical (unpaired) electrons. The quantitative estimate of drug-likeness (QED) is 0.308. The number of anilines is 3. The highest BCUT2D eigenvalue weighted by molar-refractivity contribution is 5.76. The maximum Gasteiger partial charge on any atom is 0.274 e. The molecule has 5 rings (SSSR count). The van der Waals surface area contributed by atoms with Crippen molar-refractivity contribution < 1.29 is 9.90 Å². The third-order valence-corrected chi connectivity index (χ3v) is 7.56. The van der Waals surface area contributed by atoms with Gasteiger partial charge in [-0.3, -0.25) is 14.6 Å². The number of rotatable bonds is 9. The standard InChI is InChI=1S/C30H35N7O3/c1-19-32-7-6-28(33-19)34-25-11-21(16-36(5)29(25)40)23-14-31-15-27(24(23)18-39)35(4)8-9-37-22(17-38)10-20-12-30(2,3)13-26(20)37/h6-7,10-11,14-17,39H,8-9,12-13,18H2,1-5H3,(H,32,33,34). The summed E-state index contributed by atoms with van der Waals surface area (Å²) in [6.07, 6.45) is 9.65. The second-order valence-electron chi connectivity index (χ2n) is 11.3. The van der Waals surface area contributed by atoms with Crippen molar-refractivity contribution in [3.63, 3.8) is 0 Å². The van der Waals surface area contributed by atoms with Crippen molar-refractivity contribution in [1.82, 2.24) is 24.1 Å². The van der Waals surface area contributed by atoms with Gasteiger partial charge in [-0.25, -0.2) is 9.97 Å². The number of fused-ring (bicyclic) bond motifs is 1. The molecule has 0 bridgehead atoms. The molecule has 0 saturated heterocycles. The monoisotopic (exact) mass is 541 g/mol. The molecule has 0 amide bonds. The number of aliphatic hydroxyl groups is 1. The SMILES string of the molecule is Cc1nccc(Nc2cc(-c3cncc(N(C)CCn4c(C=O)cc5c4CC(C)(C)C5)c3CO)cn(C)c2=O)n1. The first-order valence-corrected chi connectivity index (χ1v) is 13.3. The molecule has 0 fully saturated rings. The zero-order valence-corrected chi connectivity index (χ0v) is 23.6. The molecule has 0 aliphatic heterocycles. The Morgan fingerprint density at radius 3 is 2.75 bits per heavy atom. The Bertz CT molecular complexity index is 1640. The lowest BCUT2D eigenvalue weighted by Crippen LogP contribution is -2.26. The summed E-state index contributed by atoms with van der Waals surface area (Å²) in [6.45, 7) is 7.34. The normalized spacial score (nSPS) is 13.8. The van der Waals surface area contributed by atoms with Gasteiger partial charge in [-0.1, -0.05) is 13.8 Å². The highest BCUT2D eigenvalue weighted by atomic mass is 16.3. The Labute approximate surface area is 233 Å². The van der Waals surface area contributed by atoms with Crippen molar-refractivity contribution >= 4 is 23.5 Å². The van der Waals surface area contributed by atoms with Gasteiger partial charge in [0.2, 0.25) is 0 Å². The summed E-state index contributed by atoms with van der Waals surface area (Å²) in [5.74, 6) is 1.11. The van der Waals surface area contributed by atoms with Crippen LogP contribution in [0.5, 0.6) is 0 Å². The summed E-state index contributed by atoms with van der Waals surface area (Å²) in [7, 11) is 3.64. The van der Waals surface area contributed by atoms with Gasteiger partial charge in [0.15, 0.2) is 6.29 Å². The zero-order valence-electron chi connectivity index (χ0n) is 23.6. The second-order valence-corrected chi connectivity index (χ2v) is 11.3. The van der Waals surface area contributed by atoms with Crippen LogP contribution in [0.2, 0.25) is 0 Å². The fraction of sp³-hybridized carbons (Fsp3) is 0.367. The third-order valence-electron chi connectivity index (χ3n) is 7.56. The van der Waals surface area contributed by atoms with Crippen LogP contribution in [0.15, 0.2) is 47.8 Å². The van der Waals surface area contributed by atoms with Crippen molar-refractivity contribution in [2.24, 2.45) is 12.5 Å². The second kappa shape index (κ2) is 10.7. The van der Waals surface area contributed by atoms with Gasteiger partial charge < -0.3 is 24.5 Å². The summed E-state index contributed by atoms with van der Waals surface area (Å²) in [5.41, 5.74) is 6.47. The lowest BCUT2D eigenvalue weighted by Gasteiger charge is -2.25. The molecule has 4 heterocycles. The van der Waals surface area contributed by atoms with Gasteiger partial charge in [0.1, 0.15) is 17.3 Å². The maximum absolute atomic E-state index is 12.9. The summed E-state index contributed by atoms with van der Waals surface area (Å²) >= 11 is 0. The lowest BCUT2D eigenvalue weighted by atomic mass is 9.90. The molecule has 40 heavy (non-hydrogen) atoms. The number of carbonyl (C=O) groups is 1. The van der Waals surface area contributed by atoms with Crippen molar-refractivity contribution in [2.45, 2.75) is 46.8 Å². The number of hydrogen-bond acceptors (Lipinski definition) is 8. The first kappa shape index (κ1) is 27.3. The highest BCUT2D eigenvalue weighted by Crippen LogP contribution is 2.38. The van der Waals surface area contributed by atoms with Gasteiger partial charge in [0, 0.05) is 68.2 Å². The van der Waals surface area contributed by atoms with Crippen LogP contribution in [0.4, 0.5) is 17.2 Å². The predicted molar refractivity (Wildman–Crippen MR) is 155 cm³/mol. The number of aliphatic hydroxyl groups excluding tert-OH is 1. The number of likely N-dealkylation sites (N-methyl/N-ethyl adjacent to an activating group) is 1. The van der Waals surface area contributed by atoms with Gasteiger partial charge >= 0.3 is 0 Å². The molecule has 1 aliphatic carbocycles. The molecular weight excluding hydrogens is 506 g/mol. The van der Waals surface area contributed by atoms with E-state index in [9.17, 15) is 14.7 Å². The summed E-state index contributed by atoms with van der Waals surface area (Å²) < 4.78 is 3.63. The predicted octanol–water partition coefficient (Wildman–Crippen LogP) is 3.66. The van der Waals surface area contributed by atoms with E-state index in [0.717, 1.165) is 35.9 Å². The van der Waals surface area contributed by atoms with Crippen molar-refractivity contribution in [1.29, 1.82) is 0 Å². The van der Waals surface area contributed by atoms with Gasteiger partial charge in [0.25, 0.3) is 5.56 Å². The largest absolute Gasteiger partial charge is 0.392 e. The van der Waals surface area contributed by atoms with E-state index in [4.69, 9.17) is 0 Å². The smallest absolute Gasteiger partial charge is 0.274 e. The van der Waals surface area contributed by atoms with E-state index >= 15 is 0 Å². The van der Waals surface area contributed by atoms with E-state index in [0.29, 0.717) is 41.7 Å². The Morgan fingerprint density at radius 2 is 2.02 bits per heavy atom. The minimum atomic E-state index is -0.208. The molecule has 10 heteroatoms. The molecule has 0 atom stereocenters. The van der Waals surface area contributed by atoms with Crippen LogP contribution in [-0.2, 0) is 33.0 Å². The third kappa shape index (κ3) is 5.27. The Balaban J connectivity index is 1.44.